The molecule has 1 atom stereocenters. The second kappa shape index (κ2) is 5.95. The van der Waals surface area contributed by atoms with Gasteiger partial charge >= 0.3 is 0 Å². The van der Waals surface area contributed by atoms with Gasteiger partial charge in [0.2, 0.25) is 0 Å². The van der Waals surface area contributed by atoms with E-state index in [0.717, 1.165) is 40.9 Å². The van der Waals surface area contributed by atoms with Crippen LogP contribution >= 0.6 is 0 Å². The lowest BCUT2D eigenvalue weighted by Gasteiger charge is -2.32. The third-order valence-corrected chi connectivity index (χ3v) is 5.88. The summed E-state index contributed by atoms with van der Waals surface area (Å²) in [6, 6.07) is 13.3. The van der Waals surface area contributed by atoms with Gasteiger partial charge in [-0.3, -0.25) is 4.79 Å². The zero-order valence-electron chi connectivity index (χ0n) is 15.8. The average Bonchev–Trinajstić information content (AvgIpc) is 3.33. The molecule has 5 nitrogen and oxygen atoms in total. The number of ketones is 1. The molecule has 1 unspecified atom stereocenters. The normalized spacial score (nSPS) is 19.9. The Kier molecular flexibility index (Phi) is 3.62. The monoisotopic (exact) mass is 372 g/mol. The predicted molar refractivity (Wildman–Crippen MR) is 105 cm³/mol. The van der Waals surface area contributed by atoms with Crippen LogP contribution in [0.25, 0.3) is 10.9 Å². The smallest absolute Gasteiger partial charge is 0.195 e. The summed E-state index contributed by atoms with van der Waals surface area (Å²) in [5.74, 6) is 0.775. The predicted octanol–water partition coefficient (Wildman–Crippen LogP) is 4.08. The Morgan fingerprint density at radius 3 is 2.86 bits per heavy atom. The fraction of sp³-hybridized carbons (Fsp3) is 0.304. The topological polar surface area (TPSA) is 75.1 Å². The lowest BCUT2D eigenvalue weighted by molar-refractivity contribution is 0.103. The minimum Gasteiger partial charge on any atom is -0.488 e. The molecule has 1 N–H and O–H groups in total. The van der Waals surface area contributed by atoms with E-state index in [9.17, 15) is 10.1 Å². The summed E-state index contributed by atoms with van der Waals surface area (Å²) in [6.07, 6.45) is 0.945. The summed E-state index contributed by atoms with van der Waals surface area (Å²) in [6.45, 7) is 5.55. The molecule has 2 heterocycles. The van der Waals surface area contributed by atoms with Crippen molar-refractivity contribution in [3.8, 4) is 11.8 Å². The van der Waals surface area contributed by atoms with Crippen LogP contribution < -0.4 is 4.74 Å². The first-order valence-corrected chi connectivity index (χ1v) is 9.49. The van der Waals surface area contributed by atoms with E-state index < -0.39 is 5.41 Å². The summed E-state index contributed by atoms with van der Waals surface area (Å²) in [7, 11) is 0. The van der Waals surface area contributed by atoms with Gasteiger partial charge in [0.1, 0.15) is 11.9 Å². The molecule has 1 aliphatic heterocycles. The Bertz CT molecular complexity index is 1160. The molecule has 5 heteroatoms. The zero-order valence-corrected chi connectivity index (χ0v) is 15.8. The second-order valence-corrected chi connectivity index (χ2v) is 8.01. The Hall–Kier alpha value is -3.10. The first-order valence-electron chi connectivity index (χ1n) is 9.49. The minimum atomic E-state index is -0.393. The molecule has 2 aromatic carbocycles. The standard InChI is InChI=1S/C23H20N2O3/c1-23(2)18-10-14(28-15-7-8-27-12-15)4-6-16(18)21(26)20-17-5-3-13(11-24)9-19(17)25-22(20)23/h3-6,9-10,15,25H,7-8,12H2,1-2H3. The number of benzene rings is 2. The van der Waals surface area contributed by atoms with E-state index in [1.54, 1.807) is 12.1 Å². The number of aromatic amines is 1. The Morgan fingerprint density at radius 2 is 2.11 bits per heavy atom. The first kappa shape index (κ1) is 17.0. The SMILES string of the molecule is CC1(C)c2cc(OC3CCOC3)ccc2C(=O)c2c1[nH]c1cc(C#N)ccc21. The molecule has 0 bridgehead atoms. The van der Waals surface area contributed by atoms with Crippen molar-refractivity contribution in [3.63, 3.8) is 0 Å². The van der Waals surface area contributed by atoms with E-state index in [1.807, 2.05) is 24.3 Å². The number of hydrogen-bond donors (Lipinski definition) is 1. The Labute approximate surface area is 162 Å². The van der Waals surface area contributed by atoms with Crippen molar-refractivity contribution < 1.29 is 14.3 Å². The molecule has 5 rings (SSSR count). The van der Waals surface area contributed by atoms with Gasteiger partial charge in [-0.1, -0.05) is 19.9 Å². The number of hydrogen-bond acceptors (Lipinski definition) is 4. The number of nitrogens with one attached hydrogen (secondary N) is 1. The number of rotatable bonds is 2. The lowest BCUT2D eigenvalue weighted by Crippen LogP contribution is -2.30. The maximum atomic E-state index is 13.3. The molecule has 140 valence electrons. The van der Waals surface area contributed by atoms with Crippen molar-refractivity contribution in [1.29, 1.82) is 5.26 Å². The van der Waals surface area contributed by atoms with Crippen molar-refractivity contribution in [2.75, 3.05) is 13.2 Å². The third kappa shape index (κ3) is 2.38. The van der Waals surface area contributed by atoms with Crippen molar-refractivity contribution in [2.45, 2.75) is 31.8 Å². The van der Waals surface area contributed by atoms with Crippen LogP contribution in [0.5, 0.6) is 5.75 Å². The summed E-state index contributed by atoms with van der Waals surface area (Å²) in [5.41, 5.74) is 4.24. The Balaban J connectivity index is 1.65. The summed E-state index contributed by atoms with van der Waals surface area (Å²) in [4.78, 5) is 16.7. The van der Waals surface area contributed by atoms with E-state index in [4.69, 9.17) is 9.47 Å². The molecule has 0 spiro atoms. The third-order valence-electron chi connectivity index (χ3n) is 5.88. The van der Waals surface area contributed by atoms with Gasteiger partial charge in [0.25, 0.3) is 0 Å². The van der Waals surface area contributed by atoms with Crippen molar-refractivity contribution in [2.24, 2.45) is 0 Å². The highest BCUT2D eigenvalue weighted by atomic mass is 16.5. The maximum absolute atomic E-state index is 13.3. The highest BCUT2D eigenvalue weighted by Crippen LogP contribution is 2.44. The van der Waals surface area contributed by atoms with Gasteiger partial charge in [0.15, 0.2) is 5.78 Å². The van der Waals surface area contributed by atoms with Gasteiger partial charge < -0.3 is 14.5 Å². The van der Waals surface area contributed by atoms with Crippen LogP contribution in [0.15, 0.2) is 36.4 Å². The van der Waals surface area contributed by atoms with E-state index in [0.29, 0.717) is 23.3 Å². The minimum absolute atomic E-state index is 0.0102. The van der Waals surface area contributed by atoms with E-state index in [1.165, 1.54) is 0 Å². The molecule has 1 saturated heterocycles. The van der Waals surface area contributed by atoms with E-state index >= 15 is 0 Å². The zero-order chi connectivity index (χ0) is 19.5. The molecule has 1 fully saturated rings. The van der Waals surface area contributed by atoms with Gasteiger partial charge in [-0.05, 0) is 35.9 Å². The maximum Gasteiger partial charge on any atom is 0.195 e. The number of carbonyl (C=O) groups is 1. The second-order valence-electron chi connectivity index (χ2n) is 8.01. The quantitative estimate of drug-likeness (QED) is 0.736. The molecule has 1 aliphatic carbocycles. The van der Waals surface area contributed by atoms with Crippen molar-refractivity contribution >= 4 is 16.7 Å². The summed E-state index contributed by atoms with van der Waals surface area (Å²) < 4.78 is 11.5. The fourth-order valence-electron chi connectivity index (χ4n) is 4.35. The molecule has 0 saturated carbocycles. The van der Waals surface area contributed by atoms with Gasteiger partial charge in [-0.25, -0.2) is 0 Å². The van der Waals surface area contributed by atoms with Gasteiger partial charge in [0, 0.05) is 34.0 Å². The van der Waals surface area contributed by atoms with E-state index in [2.05, 4.69) is 24.9 Å². The Morgan fingerprint density at radius 1 is 1.25 bits per heavy atom. The van der Waals surface area contributed by atoms with Gasteiger partial charge in [0.05, 0.1) is 30.4 Å². The summed E-state index contributed by atoms with van der Waals surface area (Å²) >= 11 is 0. The lowest BCUT2D eigenvalue weighted by atomic mass is 9.71. The molecule has 1 aromatic heterocycles. The number of carbonyl (C=O) groups excluding carboxylic acids is 1. The average molecular weight is 372 g/mol. The highest BCUT2D eigenvalue weighted by Gasteiger charge is 2.40. The van der Waals surface area contributed by atoms with Crippen LogP contribution in [0.4, 0.5) is 0 Å². The number of ether oxygens (including phenoxy) is 2. The highest BCUT2D eigenvalue weighted by molar-refractivity contribution is 6.20. The van der Waals surface area contributed by atoms with Gasteiger partial charge in [-0.2, -0.15) is 5.26 Å². The number of aromatic nitrogens is 1. The largest absolute Gasteiger partial charge is 0.488 e. The molecule has 0 amide bonds. The number of H-pyrrole nitrogens is 1. The number of fused-ring (bicyclic) bond motifs is 4. The fourth-order valence-corrected chi connectivity index (χ4v) is 4.35. The number of nitrogens with zero attached hydrogens (tertiary/aromatic N) is 1. The van der Waals surface area contributed by atoms with Gasteiger partial charge in [-0.15, -0.1) is 0 Å². The molecular weight excluding hydrogens is 352 g/mol. The van der Waals surface area contributed by atoms with Crippen LogP contribution in [0.2, 0.25) is 0 Å². The first-order chi connectivity index (χ1) is 13.5. The summed E-state index contributed by atoms with van der Waals surface area (Å²) in [5, 5.41) is 10.1. The van der Waals surface area contributed by atoms with Crippen LogP contribution in [0, 0.1) is 11.3 Å². The molecule has 3 aromatic rings. The number of nitriles is 1. The van der Waals surface area contributed by atoms with Crippen LogP contribution in [-0.4, -0.2) is 30.1 Å². The molecular formula is C23H20N2O3. The van der Waals surface area contributed by atoms with Crippen molar-refractivity contribution in [3.05, 3.63) is 64.3 Å². The molecule has 0 radical (unpaired) electrons. The van der Waals surface area contributed by atoms with E-state index in [-0.39, 0.29) is 11.9 Å². The van der Waals surface area contributed by atoms with Crippen LogP contribution in [-0.2, 0) is 10.2 Å². The van der Waals surface area contributed by atoms with Crippen molar-refractivity contribution in [1.82, 2.24) is 4.98 Å². The molecule has 28 heavy (non-hydrogen) atoms. The molecule has 2 aliphatic rings. The van der Waals surface area contributed by atoms with Crippen LogP contribution in [0.3, 0.4) is 0 Å². The van der Waals surface area contributed by atoms with Crippen LogP contribution in [0.1, 0.15) is 53.0 Å².